The molecule has 0 aromatic heterocycles. The van der Waals surface area contributed by atoms with Crippen molar-refractivity contribution in [3.05, 3.63) is 58.6 Å². The van der Waals surface area contributed by atoms with Gasteiger partial charge in [-0.25, -0.2) is 0 Å². The SMILES string of the molecule is COc1cc(Cl)cc(CNC(C)(C)CC(C)(C)C)c1OCc1ccccc1. The Hall–Kier alpha value is -1.71. The minimum absolute atomic E-state index is 0.00942. The summed E-state index contributed by atoms with van der Waals surface area (Å²) in [5, 5.41) is 4.30. The highest BCUT2D eigenvalue weighted by molar-refractivity contribution is 6.30. The second kappa shape index (κ2) is 8.99. The number of nitrogens with one attached hydrogen (secondary N) is 1. The topological polar surface area (TPSA) is 30.5 Å². The van der Waals surface area contributed by atoms with E-state index >= 15 is 0 Å². The van der Waals surface area contributed by atoms with Gasteiger partial charge in [0.25, 0.3) is 0 Å². The molecule has 0 aliphatic heterocycles. The Labute approximate surface area is 169 Å². The zero-order chi connectivity index (χ0) is 20.1. The summed E-state index contributed by atoms with van der Waals surface area (Å²) in [6, 6.07) is 13.9. The van der Waals surface area contributed by atoms with Crippen LogP contribution in [0.3, 0.4) is 0 Å². The predicted octanol–water partition coefficient (Wildman–Crippen LogP) is 6.23. The van der Waals surface area contributed by atoms with E-state index in [0.29, 0.717) is 23.9 Å². The van der Waals surface area contributed by atoms with Crippen molar-refractivity contribution in [3.8, 4) is 11.5 Å². The maximum Gasteiger partial charge on any atom is 0.166 e. The fraction of sp³-hybridized carbons (Fsp3) is 0.478. The molecule has 0 aliphatic rings. The van der Waals surface area contributed by atoms with Crippen molar-refractivity contribution in [2.45, 2.75) is 59.7 Å². The number of methoxy groups -OCH3 is 1. The van der Waals surface area contributed by atoms with Gasteiger partial charge >= 0.3 is 0 Å². The molecule has 0 aliphatic carbocycles. The first-order chi connectivity index (χ1) is 12.6. The molecule has 0 atom stereocenters. The predicted molar refractivity (Wildman–Crippen MR) is 114 cm³/mol. The van der Waals surface area contributed by atoms with Crippen molar-refractivity contribution >= 4 is 11.6 Å². The molecule has 2 rings (SSSR count). The van der Waals surface area contributed by atoms with Crippen LogP contribution in [-0.2, 0) is 13.2 Å². The van der Waals surface area contributed by atoms with Crippen LogP contribution in [0.25, 0.3) is 0 Å². The van der Waals surface area contributed by atoms with Gasteiger partial charge < -0.3 is 14.8 Å². The van der Waals surface area contributed by atoms with Crippen molar-refractivity contribution < 1.29 is 9.47 Å². The number of benzene rings is 2. The second-order valence-corrected chi connectivity index (χ2v) is 9.28. The molecule has 0 saturated heterocycles. The molecule has 148 valence electrons. The van der Waals surface area contributed by atoms with E-state index in [1.165, 1.54) is 0 Å². The first-order valence-electron chi connectivity index (χ1n) is 9.38. The van der Waals surface area contributed by atoms with Crippen molar-refractivity contribution in [1.29, 1.82) is 0 Å². The van der Waals surface area contributed by atoms with Gasteiger partial charge in [-0.2, -0.15) is 0 Å². The number of ether oxygens (including phenoxy) is 2. The van der Waals surface area contributed by atoms with Crippen molar-refractivity contribution in [1.82, 2.24) is 5.32 Å². The van der Waals surface area contributed by atoms with Gasteiger partial charge in [0.05, 0.1) is 7.11 Å². The standard InChI is InChI=1S/C23H32ClNO2/c1-22(2,3)16-23(4,5)25-14-18-12-19(24)13-20(26-6)21(18)27-15-17-10-8-7-9-11-17/h7-13,25H,14-16H2,1-6H3. The summed E-state index contributed by atoms with van der Waals surface area (Å²) in [7, 11) is 1.64. The van der Waals surface area contributed by atoms with Crippen LogP contribution < -0.4 is 14.8 Å². The Balaban J connectivity index is 2.20. The molecule has 27 heavy (non-hydrogen) atoms. The average Bonchev–Trinajstić information content (AvgIpc) is 2.57. The van der Waals surface area contributed by atoms with Gasteiger partial charge in [-0.1, -0.05) is 62.7 Å². The monoisotopic (exact) mass is 389 g/mol. The third-order valence-electron chi connectivity index (χ3n) is 4.27. The van der Waals surface area contributed by atoms with E-state index in [0.717, 1.165) is 23.3 Å². The molecule has 0 saturated carbocycles. The van der Waals surface area contributed by atoms with Gasteiger partial charge in [0.2, 0.25) is 0 Å². The fourth-order valence-electron chi connectivity index (χ4n) is 3.52. The number of hydrogen-bond acceptors (Lipinski definition) is 3. The smallest absolute Gasteiger partial charge is 0.166 e. The number of hydrogen-bond donors (Lipinski definition) is 1. The van der Waals surface area contributed by atoms with E-state index in [2.05, 4.69) is 39.9 Å². The Kier molecular flexibility index (Phi) is 7.19. The van der Waals surface area contributed by atoms with E-state index in [4.69, 9.17) is 21.1 Å². The molecule has 0 amide bonds. The average molecular weight is 390 g/mol. The summed E-state index contributed by atoms with van der Waals surface area (Å²) in [4.78, 5) is 0. The highest BCUT2D eigenvalue weighted by Crippen LogP contribution is 2.36. The van der Waals surface area contributed by atoms with Crippen LogP contribution in [0.2, 0.25) is 5.02 Å². The summed E-state index contributed by atoms with van der Waals surface area (Å²) in [5.74, 6) is 1.40. The van der Waals surface area contributed by atoms with E-state index < -0.39 is 0 Å². The number of rotatable bonds is 8. The zero-order valence-corrected chi connectivity index (χ0v) is 18.1. The van der Waals surface area contributed by atoms with Gasteiger partial charge in [-0.3, -0.25) is 0 Å². The van der Waals surface area contributed by atoms with Crippen molar-refractivity contribution in [3.63, 3.8) is 0 Å². The molecule has 4 heteroatoms. The first kappa shape index (κ1) is 21.6. The van der Waals surface area contributed by atoms with E-state index in [1.54, 1.807) is 13.2 Å². The Bertz CT molecular complexity index is 736. The molecule has 0 spiro atoms. The van der Waals surface area contributed by atoms with Crippen LogP contribution in [0.1, 0.15) is 52.2 Å². The molecule has 2 aromatic carbocycles. The highest BCUT2D eigenvalue weighted by Gasteiger charge is 2.25. The third-order valence-corrected chi connectivity index (χ3v) is 4.49. The largest absolute Gasteiger partial charge is 0.493 e. The van der Waals surface area contributed by atoms with Crippen LogP contribution in [0.15, 0.2) is 42.5 Å². The van der Waals surface area contributed by atoms with Crippen LogP contribution >= 0.6 is 11.6 Å². The maximum atomic E-state index is 6.31. The van der Waals surface area contributed by atoms with E-state index in [-0.39, 0.29) is 11.0 Å². The lowest BCUT2D eigenvalue weighted by atomic mass is 9.81. The van der Waals surface area contributed by atoms with E-state index in [1.807, 2.05) is 36.4 Å². The molecular formula is C23H32ClNO2. The third kappa shape index (κ3) is 7.08. The zero-order valence-electron chi connectivity index (χ0n) is 17.4. The molecule has 0 radical (unpaired) electrons. The summed E-state index contributed by atoms with van der Waals surface area (Å²) in [5.41, 5.74) is 2.35. The van der Waals surface area contributed by atoms with Crippen molar-refractivity contribution in [2.24, 2.45) is 5.41 Å². The highest BCUT2D eigenvalue weighted by atomic mass is 35.5. The summed E-state index contributed by atoms with van der Waals surface area (Å²) < 4.78 is 11.7. The molecule has 1 N–H and O–H groups in total. The van der Waals surface area contributed by atoms with Gasteiger partial charge in [0.15, 0.2) is 11.5 Å². The summed E-state index contributed by atoms with van der Waals surface area (Å²) in [6.45, 7) is 12.4. The minimum atomic E-state index is -0.00942. The van der Waals surface area contributed by atoms with Crippen molar-refractivity contribution in [2.75, 3.05) is 7.11 Å². The number of halogens is 1. The van der Waals surface area contributed by atoms with Gasteiger partial charge in [-0.05, 0) is 37.3 Å². The Morgan fingerprint density at radius 2 is 1.67 bits per heavy atom. The molecule has 0 bridgehead atoms. The quantitative estimate of drug-likeness (QED) is 0.580. The second-order valence-electron chi connectivity index (χ2n) is 8.85. The van der Waals surface area contributed by atoms with Crippen LogP contribution in [-0.4, -0.2) is 12.6 Å². The lowest BCUT2D eigenvalue weighted by Crippen LogP contribution is -2.41. The Morgan fingerprint density at radius 3 is 2.26 bits per heavy atom. The summed E-state index contributed by atoms with van der Waals surface area (Å²) >= 11 is 6.31. The van der Waals surface area contributed by atoms with Crippen LogP contribution in [0.4, 0.5) is 0 Å². The van der Waals surface area contributed by atoms with Gasteiger partial charge in [-0.15, -0.1) is 0 Å². The Morgan fingerprint density at radius 1 is 1.00 bits per heavy atom. The molecule has 0 heterocycles. The van der Waals surface area contributed by atoms with Gasteiger partial charge in [0.1, 0.15) is 6.61 Å². The first-order valence-corrected chi connectivity index (χ1v) is 9.76. The molecule has 0 unspecified atom stereocenters. The lowest BCUT2D eigenvalue weighted by Gasteiger charge is -2.34. The normalized spacial score (nSPS) is 12.1. The summed E-state index contributed by atoms with van der Waals surface area (Å²) in [6.07, 6.45) is 1.05. The van der Waals surface area contributed by atoms with Crippen LogP contribution in [0, 0.1) is 5.41 Å². The van der Waals surface area contributed by atoms with Gasteiger partial charge in [0, 0.05) is 28.7 Å². The minimum Gasteiger partial charge on any atom is -0.493 e. The van der Waals surface area contributed by atoms with E-state index in [9.17, 15) is 0 Å². The fourth-order valence-corrected chi connectivity index (χ4v) is 3.75. The molecule has 0 fully saturated rings. The maximum absolute atomic E-state index is 6.31. The molecular weight excluding hydrogens is 358 g/mol. The van der Waals surface area contributed by atoms with Crippen LogP contribution in [0.5, 0.6) is 11.5 Å². The molecule has 2 aromatic rings. The lowest BCUT2D eigenvalue weighted by molar-refractivity contribution is 0.237. The molecule has 3 nitrogen and oxygen atoms in total.